The second-order valence-corrected chi connectivity index (χ2v) is 12.4. The minimum atomic E-state index is -0.947. The number of rotatable bonds is 3. The Morgan fingerprint density at radius 2 is 1.34 bits per heavy atom. The Labute approximate surface area is 224 Å². The predicted molar refractivity (Wildman–Crippen MR) is 149 cm³/mol. The molecule has 0 unspecified atom stereocenters. The Bertz CT molecular complexity index is 1370. The van der Waals surface area contributed by atoms with Crippen molar-refractivity contribution in [2.45, 2.75) is 71.4 Å². The minimum Gasteiger partial charge on any atom is -0.507 e. The molecule has 198 valence electrons. The summed E-state index contributed by atoms with van der Waals surface area (Å²) in [5.41, 5.74) is 3.92. The van der Waals surface area contributed by atoms with E-state index < -0.39 is 18.1 Å². The van der Waals surface area contributed by atoms with E-state index in [1.807, 2.05) is 67.6 Å². The van der Waals surface area contributed by atoms with E-state index in [0.29, 0.717) is 5.69 Å². The fraction of sp³-hybridized carbons (Fsp3) is 0.375. The van der Waals surface area contributed by atoms with Gasteiger partial charge < -0.3 is 5.11 Å². The number of carbonyl (C=O) groups is 2. The van der Waals surface area contributed by atoms with Crippen LogP contribution in [0.15, 0.2) is 66.7 Å². The van der Waals surface area contributed by atoms with Crippen LogP contribution in [0.3, 0.4) is 0 Å². The first kappa shape index (κ1) is 26.0. The number of hydrogen-bond donors (Lipinski definition) is 1. The van der Waals surface area contributed by atoms with Gasteiger partial charge in [-0.05, 0) is 70.3 Å². The van der Waals surface area contributed by atoms with Gasteiger partial charge in [0.15, 0.2) is 6.10 Å². The van der Waals surface area contributed by atoms with Crippen molar-refractivity contribution < 1.29 is 19.5 Å². The molecule has 5 rings (SSSR count). The molecule has 2 heterocycles. The minimum absolute atomic E-state index is 0.269. The van der Waals surface area contributed by atoms with E-state index in [9.17, 15) is 14.7 Å². The Morgan fingerprint density at radius 3 is 1.89 bits per heavy atom. The zero-order chi connectivity index (χ0) is 27.6. The molecule has 3 atom stereocenters. The fourth-order valence-corrected chi connectivity index (χ4v) is 5.57. The molecule has 2 fully saturated rings. The highest BCUT2D eigenvalue weighted by atomic mass is 16.7. The number of benzene rings is 3. The second-order valence-electron chi connectivity index (χ2n) is 12.4. The number of nitrogens with zero attached hydrogens (tertiary/aromatic N) is 2. The number of phenols is 1. The van der Waals surface area contributed by atoms with Crippen LogP contribution in [0.5, 0.6) is 5.75 Å². The van der Waals surface area contributed by atoms with Crippen molar-refractivity contribution in [3.05, 3.63) is 89.0 Å². The number of carbonyl (C=O) groups excluding carboxylic acids is 2. The normalized spacial score (nSPS) is 21.8. The van der Waals surface area contributed by atoms with Crippen molar-refractivity contribution in [3.63, 3.8) is 0 Å². The van der Waals surface area contributed by atoms with Crippen molar-refractivity contribution in [2.75, 3.05) is 9.96 Å². The highest BCUT2D eigenvalue weighted by Crippen LogP contribution is 2.50. The maximum atomic E-state index is 14.1. The van der Waals surface area contributed by atoms with E-state index in [2.05, 4.69) is 41.5 Å². The molecule has 0 bridgehead atoms. The summed E-state index contributed by atoms with van der Waals surface area (Å²) in [5.74, 6) is -1.11. The molecule has 1 N–H and O–H groups in total. The number of fused-ring (bicyclic) bond motifs is 1. The molecule has 0 aromatic heterocycles. The summed E-state index contributed by atoms with van der Waals surface area (Å²) in [7, 11) is 0. The van der Waals surface area contributed by atoms with Crippen LogP contribution in [0.1, 0.15) is 69.8 Å². The molecule has 2 saturated heterocycles. The van der Waals surface area contributed by atoms with Gasteiger partial charge in [-0.25, -0.2) is 9.96 Å². The monoisotopic (exact) mass is 512 g/mol. The third-order valence-electron chi connectivity index (χ3n) is 7.57. The highest BCUT2D eigenvalue weighted by Gasteiger charge is 2.60. The SMILES string of the molecule is Cc1ccccc1N1C(=O)[C@H]2[C@@H](c3cc(C(C)(C)C)c(O)c(C(C)(C)C)c3)N(c3ccccc3)O[C@H]2C1=O. The smallest absolute Gasteiger partial charge is 0.266 e. The first-order valence-corrected chi connectivity index (χ1v) is 13.1. The standard InChI is InChI=1S/C32H36N2O4/c1-19-13-11-12-16-24(19)33-29(36)25-26(34(38-28(25)30(33)37)21-14-9-8-10-15-21)20-17-22(31(2,3)4)27(35)23(18-20)32(5,6)7/h8-18,25-26,28,35H,1-7H3/t25-,26+,28+/m0/s1. The zero-order valence-electron chi connectivity index (χ0n) is 23.1. The summed E-state index contributed by atoms with van der Waals surface area (Å²) in [5, 5.41) is 13.1. The van der Waals surface area contributed by atoms with Gasteiger partial charge in [-0.2, -0.15) is 0 Å². The average Bonchev–Trinajstić information content (AvgIpc) is 3.35. The second kappa shape index (κ2) is 8.98. The molecule has 6 heteroatoms. The number of hydroxylamine groups is 1. The van der Waals surface area contributed by atoms with Crippen molar-refractivity contribution in [2.24, 2.45) is 5.92 Å². The number of imide groups is 1. The summed E-state index contributed by atoms with van der Waals surface area (Å²) in [6, 6.07) is 20.4. The number of aryl methyl sites for hydroxylation is 1. The van der Waals surface area contributed by atoms with Gasteiger partial charge in [0.1, 0.15) is 11.7 Å². The van der Waals surface area contributed by atoms with Gasteiger partial charge in [-0.15, -0.1) is 0 Å². The van der Waals surface area contributed by atoms with Gasteiger partial charge in [0.2, 0.25) is 5.91 Å². The molecule has 0 radical (unpaired) electrons. The van der Waals surface area contributed by atoms with E-state index in [0.717, 1.165) is 27.9 Å². The van der Waals surface area contributed by atoms with Gasteiger partial charge in [-0.1, -0.05) is 77.9 Å². The topological polar surface area (TPSA) is 70.1 Å². The molecule has 6 nitrogen and oxygen atoms in total. The van der Waals surface area contributed by atoms with Gasteiger partial charge in [0.25, 0.3) is 5.91 Å². The van der Waals surface area contributed by atoms with Crippen LogP contribution in [0, 0.1) is 12.8 Å². The first-order chi connectivity index (χ1) is 17.8. The molecule has 2 aliphatic rings. The fourth-order valence-electron chi connectivity index (χ4n) is 5.57. The largest absolute Gasteiger partial charge is 0.507 e. The third-order valence-corrected chi connectivity index (χ3v) is 7.57. The number of aromatic hydroxyl groups is 1. The predicted octanol–water partition coefficient (Wildman–Crippen LogP) is 6.35. The number of amides is 2. The van der Waals surface area contributed by atoms with Crippen LogP contribution in [0.25, 0.3) is 0 Å². The lowest BCUT2D eigenvalue weighted by Crippen LogP contribution is -2.38. The maximum Gasteiger partial charge on any atom is 0.266 e. The average molecular weight is 513 g/mol. The summed E-state index contributed by atoms with van der Waals surface area (Å²) < 4.78 is 0. The molecule has 0 saturated carbocycles. The van der Waals surface area contributed by atoms with E-state index in [4.69, 9.17) is 4.84 Å². The summed E-state index contributed by atoms with van der Waals surface area (Å²) in [4.78, 5) is 35.5. The van der Waals surface area contributed by atoms with Gasteiger partial charge >= 0.3 is 0 Å². The Balaban J connectivity index is 1.71. The van der Waals surface area contributed by atoms with Gasteiger partial charge in [0.05, 0.1) is 17.4 Å². The van der Waals surface area contributed by atoms with Crippen molar-refractivity contribution >= 4 is 23.2 Å². The van der Waals surface area contributed by atoms with Crippen LogP contribution in [-0.2, 0) is 25.3 Å². The molecule has 3 aromatic rings. The highest BCUT2D eigenvalue weighted by molar-refractivity contribution is 6.24. The molecule has 3 aromatic carbocycles. The van der Waals surface area contributed by atoms with E-state index in [-0.39, 0.29) is 28.4 Å². The first-order valence-electron chi connectivity index (χ1n) is 13.1. The van der Waals surface area contributed by atoms with Crippen LogP contribution in [0.4, 0.5) is 11.4 Å². The Hall–Kier alpha value is -3.64. The van der Waals surface area contributed by atoms with Gasteiger partial charge in [0, 0.05) is 0 Å². The van der Waals surface area contributed by atoms with E-state index in [1.54, 1.807) is 11.1 Å². The van der Waals surface area contributed by atoms with Crippen LogP contribution in [0.2, 0.25) is 0 Å². The molecule has 0 aliphatic carbocycles. The number of hydrogen-bond acceptors (Lipinski definition) is 5. The summed E-state index contributed by atoms with van der Waals surface area (Å²) >= 11 is 0. The summed E-state index contributed by atoms with van der Waals surface area (Å²) in [6.07, 6.45) is -0.947. The quantitative estimate of drug-likeness (QED) is 0.414. The molecule has 0 spiro atoms. The van der Waals surface area contributed by atoms with Crippen LogP contribution in [-0.4, -0.2) is 23.0 Å². The third kappa shape index (κ3) is 4.17. The molecule has 38 heavy (non-hydrogen) atoms. The number of phenolic OH excluding ortho intramolecular Hbond substituents is 1. The lowest BCUT2D eigenvalue weighted by atomic mass is 9.76. The van der Waals surface area contributed by atoms with Crippen LogP contribution >= 0.6 is 0 Å². The zero-order valence-corrected chi connectivity index (χ0v) is 23.1. The van der Waals surface area contributed by atoms with Crippen LogP contribution < -0.4 is 9.96 Å². The van der Waals surface area contributed by atoms with Crippen molar-refractivity contribution in [1.29, 1.82) is 0 Å². The van der Waals surface area contributed by atoms with Crippen molar-refractivity contribution in [3.8, 4) is 5.75 Å². The number of anilines is 2. The lowest BCUT2D eigenvalue weighted by molar-refractivity contribution is -0.126. The van der Waals surface area contributed by atoms with E-state index in [1.165, 1.54) is 4.90 Å². The molecular weight excluding hydrogens is 476 g/mol. The molecule has 2 aliphatic heterocycles. The van der Waals surface area contributed by atoms with Crippen molar-refractivity contribution in [1.82, 2.24) is 0 Å². The Morgan fingerprint density at radius 1 is 0.789 bits per heavy atom. The molecular formula is C32H36N2O4. The maximum absolute atomic E-state index is 14.1. The lowest BCUT2D eigenvalue weighted by Gasteiger charge is -2.33. The van der Waals surface area contributed by atoms with Gasteiger partial charge in [-0.3, -0.25) is 14.4 Å². The molecule has 2 amide bonds. The Kier molecular flexibility index (Phi) is 6.14. The number of para-hydroxylation sites is 2. The van der Waals surface area contributed by atoms with E-state index >= 15 is 0 Å². The summed E-state index contributed by atoms with van der Waals surface area (Å²) in [6.45, 7) is 14.3.